The maximum Gasteiger partial charge on any atom is 0.258 e. The summed E-state index contributed by atoms with van der Waals surface area (Å²) in [6, 6.07) is 6.49. The molecule has 10 heteroatoms. The van der Waals surface area contributed by atoms with Crippen LogP contribution in [-0.4, -0.2) is 53.2 Å². The molecule has 1 spiro atoms. The molecule has 2 aliphatic heterocycles. The van der Waals surface area contributed by atoms with Gasteiger partial charge in [-0.3, -0.25) is 9.59 Å². The van der Waals surface area contributed by atoms with Crippen LogP contribution < -0.4 is 15.1 Å². The van der Waals surface area contributed by atoms with Gasteiger partial charge in [-0.2, -0.15) is 4.98 Å². The summed E-state index contributed by atoms with van der Waals surface area (Å²) in [5, 5.41) is 2.27. The molecule has 2 saturated heterocycles. The van der Waals surface area contributed by atoms with Gasteiger partial charge in [0, 0.05) is 56.3 Å². The van der Waals surface area contributed by atoms with Crippen LogP contribution in [0.4, 0.5) is 26.2 Å². The Labute approximate surface area is 207 Å². The van der Waals surface area contributed by atoms with Crippen molar-refractivity contribution in [1.82, 2.24) is 9.97 Å². The lowest BCUT2D eigenvalue weighted by Crippen LogP contribution is -2.40. The number of alkyl halides is 2. The first-order valence-corrected chi connectivity index (χ1v) is 12.4. The van der Waals surface area contributed by atoms with E-state index < -0.39 is 11.2 Å². The van der Waals surface area contributed by atoms with Gasteiger partial charge in [0.25, 0.3) is 17.1 Å². The number of aromatic nitrogens is 2. The molecule has 1 amide bonds. The number of amides is 1. The summed E-state index contributed by atoms with van der Waals surface area (Å²) < 4.78 is 27.1. The normalized spacial score (nSPS) is 20.6. The number of anilines is 3. The standard InChI is InChI=1S/C25H28ClF2N5O2/c1-16-14-20(31-23(29-16)33-12-8-25(27,28)9-13-33)30-22(35)18-3-2-17(21(26)34)15-19(18)32-10-6-24(4-5-24)7-11-32/h2-3,14-15H,4-13H2,1H3,(H,29,30,31,35). The van der Waals surface area contributed by atoms with Gasteiger partial charge in [0.2, 0.25) is 5.95 Å². The zero-order chi connectivity index (χ0) is 24.8. The number of rotatable bonds is 5. The highest BCUT2D eigenvalue weighted by Gasteiger charge is 2.44. The zero-order valence-corrected chi connectivity index (χ0v) is 20.4. The fourth-order valence-corrected chi connectivity index (χ4v) is 5.10. The van der Waals surface area contributed by atoms with E-state index in [1.165, 1.54) is 12.8 Å². The monoisotopic (exact) mass is 503 g/mol. The van der Waals surface area contributed by atoms with Crippen molar-refractivity contribution in [3.63, 3.8) is 0 Å². The predicted molar refractivity (Wildman–Crippen MR) is 131 cm³/mol. The Hall–Kier alpha value is -2.81. The van der Waals surface area contributed by atoms with Crippen molar-refractivity contribution in [3.05, 3.63) is 41.1 Å². The van der Waals surface area contributed by atoms with E-state index >= 15 is 0 Å². The van der Waals surface area contributed by atoms with Crippen molar-refractivity contribution in [3.8, 4) is 0 Å². The van der Waals surface area contributed by atoms with Gasteiger partial charge in [-0.1, -0.05) is 0 Å². The van der Waals surface area contributed by atoms with Gasteiger partial charge >= 0.3 is 0 Å². The van der Waals surface area contributed by atoms with Gasteiger partial charge in [-0.05, 0) is 67.8 Å². The number of nitrogens with one attached hydrogen (secondary N) is 1. The minimum Gasteiger partial charge on any atom is -0.371 e. The minimum absolute atomic E-state index is 0.151. The number of aryl methyl sites for hydroxylation is 1. The predicted octanol–water partition coefficient (Wildman–Crippen LogP) is 5.03. The molecule has 1 aliphatic carbocycles. The summed E-state index contributed by atoms with van der Waals surface area (Å²) >= 11 is 5.73. The van der Waals surface area contributed by atoms with Gasteiger partial charge in [-0.15, -0.1) is 0 Å². The van der Waals surface area contributed by atoms with Crippen LogP contribution in [0.5, 0.6) is 0 Å². The van der Waals surface area contributed by atoms with E-state index in [-0.39, 0.29) is 31.8 Å². The fourth-order valence-electron chi connectivity index (χ4n) is 4.98. The molecular weight excluding hydrogens is 476 g/mol. The van der Waals surface area contributed by atoms with Gasteiger partial charge in [0.15, 0.2) is 0 Å². The Morgan fingerprint density at radius 2 is 1.60 bits per heavy atom. The van der Waals surface area contributed by atoms with Crippen molar-refractivity contribution < 1.29 is 18.4 Å². The summed E-state index contributed by atoms with van der Waals surface area (Å²) in [6.45, 7) is 3.71. The molecule has 35 heavy (non-hydrogen) atoms. The van der Waals surface area contributed by atoms with Crippen molar-refractivity contribution in [2.45, 2.75) is 51.4 Å². The van der Waals surface area contributed by atoms with Crippen molar-refractivity contribution >= 4 is 40.2 Å². The number of piperidine rings is 2. The largest absolute Gasteiger partial charge is 0.371 e. The molecule has 2 aromatic rings. The SMILES string of the molecule is Cc1cc(NC(=O)c2ccc(C(=O)Cl)cc2N2CCC3(CC2)CC3)nc(N2CCC(F)(F)CC2)n1. The highest BCUT2D eigenvalue weighted by molar-refractivity contribution is 6.67. The lowest BCUT2D eigenvalue weighted by atomic mass is 9.92. The Bertz CT molecular complexity index is 1150. The molecule has 0 bridgehead atoms. The van der Waals surface area contributed by atoms with Gasteiger partial charge in [-0.25, -0.2) is 13.8 Å². The van der Waals surface area contributed by atoms with E-state index in [4.69, 9.17) is 11.6 Å². The summed E-state index contributed by atoms with van der Waals surface area (Å²) in [6.07, 6.45) is 4.15. The van der Waals surface area contributed by atoms with Crippen LogP contribution in [0.1, 0.15) is 64.9 Å². The van der Waals surface area contributed by atoms with Crippen LogP contribution in [-0.2, 0) is 0 Å². The van der Waals surface area contributed by atoms with E-state index in [2.05, 4.69) is 20.2 Å². The molecule has 1 aromatic heterocycles. The Morgan fingerprint density at radius 3 is 2.23 bits per heavy atom. The minimum atomic E-state index is -2.67. The molecule has 186 valence electrons. The lowest BCUT2D eigenvalue weighted by Gasteiger charge is -2.35. The highest BCUT2D eigenvalue weighted by atomic mass is 35.5. The quantitative estimate of drug-likeness (QED) is 0.576. The lowest BCUT2D eigenvalue weighted by molar-refractivity contribution is -0.0222. The first-order chi connectivity index (χ1) is 16.6. The Balaban J connectivity index is 1.37. The molecule has 3 heterocycles. The molecule has 3 fully saturated rings. The van der Waals surface area contributed by atoms with Gasteiger partial charge in [0.1, 0.15) is 5.82 Å². The molecular formula is C25H28ClF2N5O2. The van der Waals surface area contributed by atoms with Crippen LogP contribution >= 0.6 is 11.6 Å². The van der Waals surface area contributed by atoms with E-state index in [0.29, 0.717) is 39.7 Å². The smallest absolute Gasteiger partial charge is 0.258 e. The van der Waals surface area contributed by atoms with Crippen LogP contribution in [0.3, 0.4) is 0 Å². The second-order valence-electron chi connectivity index (χ2n) is 9.98. The molecule has 3 aliphatic rings. The van der Waals surface area contributed by atoms with Crippen LogP contribution in [0, 0.1) is 12.3 Å². The molecule has 1 aromatic carbocycles. The third-order valence-corrected chi connectivity index (χ3v) is 7.67. The second-order valence-corrected chi connectivity index (χ2v) is 10.3. The van der Waals surface area contributed by atoms with E-state index in [9.17, 15) is 18.4 Å². The van der Waals surface area contributed by atoms with E-state index in [0.717, 1.165) is 25.9 Å². The molecule has 7 nitrogen and oxygen atoms in total. The summed E-state index contributed by atoms with van der Waals surface area (Å²) in [4.78, 5) is 37.8. The average molecular weight is 504 g/mol. The first-order valence-electron chi connectivity index (χ1n) is 12.0. The number of benzene rings is 1. The first kappa shape index (κ1) is 23.9. The second kappa shape index (κ2) is 9.00. The van der Waals surface area contributed by atoms with E-state index in [1.54, 1.807) is 36.1 Å². The third kappa shape index (κ3) is 5.24. The number of halogens is 3. The number of hydrogen-bond donors (Lipinski definition) is 1. The Morgan fingerprint density at radius 1 is 0.943 bits per heavy atom. The van der Waals surface area contributed by atoms with Crippen molar-refractivity contribution in [2.75, 3.05) is 41.3 Å². The zero-order valence-electron chi connectivity index (χ0n) is 19.6. The molecule has 1 saturated carbocycles. The van der Waals surface area contributed by atoms with Gasteiger partial charge < -0.3 is 15.1 Å². The maximum absolute atomic E-state index is 13.6. The number of nitrogens with zero attached hydrogens (tertiary/aromatic N) is 4. The summed E-state index contributed by atoms with van der Waals surface area (Å²) in [7, 11) is 0. The van der Waals surface area contributed by atoms with E-state index in [1.807, 2.05) is 0 Å². The summed E-state index contributed by atoms with van der Waals surface area (Å²) in [5.74, 6) is -2.41. The molecule has 0 radical (unpaired) electrons. The topological polar surface area (TPSA) is 78.4 Å². The van der Waals surface area contributed by atoms with Crippen LogP contribution in [0.2, 0.25) is 0 Å². The third-order valence-electron chi connectivity index (χ3n) is 7.45. The maximum atomic E-state index is 13.6. The summed E-state index contributed by atoms with van der Waals surface area (Å²) in [5.41, 5.74) is 2.53. The molecule has 5 rings (SSSR count). The number of carbonyl (C=O) groups is 2. The van der Waals surface area contributed by atoms with Gasteiger partial charge in [0.05, 0.1) is 11.3 Å². The number of carbonyl (C=O) groups excluding carboxylic acids is 2. The van der Waals surface area contributed by atoms with Crippen molar-refractivity contribution in [1.29, 1.82) is 0 Å². The fraction of sp³-hybridized carbons (Fsp3) is 0.520. The van der Waals surface area contributed by atoms with Crippen LogP contribution in [0.25, 0.3) is 0 Å². The Kier molecular flexibility index (Phi) is 6.15. The number of hydrogen-bond acceptors (Lipinski definition) is 6. The molecule has 0 atom stereocenters. The van der Waals surface area contributed by atoms with Crippen molar-refractivity contribution in [2.24, 2.45) is 5.41 Å². The molecule has 0 unspecified atom stereocenters. The average Bonchev–Trinajstić information content (AvgIpc) is 3.57. The molecule has 1 N–H and O–H groups in total. The highest BCUT2D eigenvalue weighted by Crippen LogP contribution is 2.54. The van der Waals surface area contributed by atoms with Crippen LogP contribution in [0.15, 0.2) is 24.3 Å².